The van der Waals surface area contributed by atoms with Crippen LogP contribution in [0.3, 0.4) is 0 Å². The Bertz CT molecular complexity index is 491. The number of anilines is 1. The third-order valence-corrected chi connectivity index (χ3v) is 2.94. The zero-order valence-electron chi connectivity index (χ0n) is 9.26. The summed E-state index contributed by atoms with van der Waals surface area (Å²) in [7, 11) is 1.28. The average molecular weight is 329 g/mol. The van der Waals surface area contributed by atoms with Crippen LogP contribution in [0.5, 0.6) is 5.75 Å². The Kier molecular flexibility index (Phi) is 4.05. The molecule has 9 heteroatoms. The molecular weight excluding hydrogens is 321 g/mol. The van der Waals surface area contributed by atoms with Crippen molar-refractivity contribution >= 4 is 27.3 Å². The highest BCUT2D eigenvalue weighted by atomic mass is 79.9. The van der Waals surface area contributed by atoms with Gasteiger partial charge in [-0.25, -0.2) is 0 Å². The van der Waals surface area contributed by atoms with Crippen LogP contribution in [0.2, 0.25) is 0 Å². The fraction of sp³-hybridized carbons (Fsp3) is 0.333. The van der Waals surface area contributed by atoms with E-state index in [9.17, 15) is 23.3 Å². The zero-order chi connectivity index (χ0) is 14.1. The Morgan fingerprint density at radius 3 is 2.44 bits per heavy atom. The molecule has 0 amide bonds. The molecule has 0 saturated carbocycles. The first kappa shape index (κ1) is 14.6. The van der Waals surface area contributed by atoms with Crippen molar-refractivity contribution in [2.45, 2.75) is 13.3 Å². The highest BCUT2D eigenvalue weighted by Crippen LogP contribution is 2.42. The van der Waals surface area contributed by atoms with Crippen molar-refractivity contribution < 1.29 is 22.8 Å². The van der Waals surface area contributed by atoms with Crippen molar-refractivity contribution in [1.29, 1.82) is 0 Å². The lowest BCUT2D eigenvalue weighted by Crippen LogP contribution is -2.18. The van der Waals surface area contributed by atoms with Crippen molar-refractivity contribution in [3.05, 3.63) is 26.2 Å². The van der Waals surface area contributed by atoms with Crippen molar-refractivity contribution in [3.8, 4) is 5.75 Å². The summed E-state index contributed by atoms with van der Waals surface area (Å²) in [6.45, 7) is 1.42. The van der Waals surface area contributed by atoms with Gasteiger partial charge in [0.25, 0.3) is 5.69 Å². The number of rotatable bonds is 3. The van der Waals surface area contributed by atoms with Gasteiger partial charge < -0.3 is 10.1 Å². The van der Waals surface area contributed by atoms with Gasteiger partial charge in [0.05, 0.1) is 4.92 Å². The van der Waals surface area contributed by atoms with Crippen LogP contribution in [-0.4, -0.2) is 18.3 Å². The van der Waals surface area contributed by atoms with Gasteiger partial charge in [0.1, 0.15) is 0 Å². The Balaban J connectivity index is 3.48. The van der Waals surface area contributed by atoms with E-state index in [1.807, 2.05) is 0 Å². The number of nitrogens with one attached hydrogen (secondary N) is 1. The number of halogens is 4. The molecule has 0 aliphatic carbocycles. The van der Waals surface area contributed by atoms with Crippen molar-refractivity contribution in [3.63, 3.8) is 0 Å². The number of hydrogen-bond donors (Lipinski definition) is 1. The summed E-state index contributed by atoms with van der Waals surface area (Å²) in [5, 5.41) is 13.2. The van der Waals surface area contributed by atoms with Crippen molar-refractivity contribution in [2.75, 3.05) is 12.4 Å². The van der Waals surface area contributed by atoms with Gasteiger partial charge in [-0.05, 0) is 13.0 Å². The number of benzene rings is 1. The molecule has 0 radical (unpaired) electrons. The zero-order valence-corrected chi connectivity index (χ0v) is 10.8. The quantitative estimate of drug-likeness (QED) is 0.680. The van der Waals surface area contributed by atoms with E-state index in [4.69, 9.17) is 0 Å². The summed E-state index contributed by atoms with van der Waals surface area (Å²) in [4.78, 5) is 10.1. The largest absolute Gasteiger partial charge is 0.573 e. The van der Waals surface area contributed by atoms with E-state index in [2.05, 4.69) is 26.0 Å². The summed E-state index contributed by atoms with van der Waals surface area (Å²) < 4.78 is 40.5. The standard InChI is InChI=1S/C9H8BrF3N2O3/c1-4-5(10)3-6(18-9(11,12)13)7(14-2)8(4)15(16)17/h3,14H,1-2H3. The Labute approximate surface area is 108 Å². The van der Waals surface area contributed by atoms with Crippen molar-refractivity contribution in [1.82, 2.24) is 0 Å². The number of alkyl halides is 3. The molecule has 100 valence electrons. The smallest absolute Gasteiger partial charge is 0.403 e. The molecule has 0 bridgehead atoms. The van der Waals surface area contributed by atoms with Crippen LogP contribution in [0, 0.1) is 17.0 Å². The van der Waals surface area contributed by atoms with Crippen LogP contribution < -0.4 is 10.1 Å². The van der Waals surface area contributed by atoms with E-state index < -0.39 is 22.7 Å². The summed E-state index contributed by atoms with van der Waals surface area (Å²) in [6, 6.07) is 1.03. The molecule has 0 atom stereocenters. The first-order valence-corrected chi connectivity index (χ1v) is 5.37. The first-order chi connectivity index (χ1) is 8.17. The monoisotopic (exact) mass is 328 g/mol. The van der Waals surface area contributed by atoms with Crippen LogP contribution in [0.1, 0.15) is 5.56 Å². The molecule has 0 spiro atoms. The third-order valence-electron chi connectivity index (χ3n) is 2.11. The van der Waals surface area contributed by atoms with E-state index in [-0.39, 0.29) is 15.7 Å². The van der Waals surface area contributed by atoms with Crippen LogP contribution >= 0.6 is 15.9 Å². The highest BCUT2D eigenvalue weighted by molar-refractivity contribution is 9.10. The lowest BCUT2D eigenvalue weighted by Gasteiger charge is -2.15. The second-order valence-electron chi connectivity index (χ2n) is 3.26. The maximum atomic E-state index is 12.2. The van der Waals surface area contributed by atoms with Gasteiger partial charge in [0.15, 0.2) is 11.4 Å². The second-order valence-corrected chi connectivity index (χ2v) is 4.11. The molecular formula is C9H8BrF3N2O3. The van der Waals surface area contributed by atoms with E-state index in [0.29, 0.717) is 0 Å². The minimum atomic E-state index is -4.92. The van der Waals surface area contributed by atoms with Crippen LogP contribution in [0.15, 0.2) is 10.5 Å². The lowest BCUT2D eigenvalue weighted by atomic mass is 10.1. The van der Waals surface area contributed by atoms with E-state index in [0.717, 1.165) is 6.07 Å². The molecule has 0 saturated heterocycles. The van der Waals surface area contributed by atoms with Crippen LogP contribution in [0.4, 0.5) is 24.5 Å². The Hall–Kier alpha value is -1.51. The minimum absolute atomic E-state index is 0.160. The maximum absolute atomic E-state index is 12.2. The van der Waals surface area contributed by atoms with Gasteiger partial charge in [0, 0.05) is 17.1 Å². The Morgan fingerprint density at radius 1 is 1.50 bits per heavy atom. The lowest BCUT2D eigenvalue weighted by molar-refractivity contribution is -0.384. The summed E-state index contributed by atoms with van der Waals surface area (Å²) in [6.07, 6.45) is -4.92. The average Bonchev–Trinajstić information content (AvgIpc) is 2.19. The summed E-state index contributed by atoms with van der Waals surface area (Å²) in [5.41, 5.74) is -0.581. The van der Waals surface area contributed by atoms with E-state index in [1.165, 1.54) is 14.0 Å². The minimum Gasteiger partial charge on any atom is -0.403 e. The predicted octanol–water partition coefficient (Wildman–Crippen LogP) is 3.61. The molecule has 1 aromatic rings. The molecule has 0 fully saturated rings. The number of nitrogens with zero attached hydrogens (tertiary/aromatic N) is 1. The number of nitro groups is 1. The highest BCUT2D eigenvalue weighted by Gasteiger charge is 2.35. The topological polar surface area (TPSA) is 64.4 Å². The fourth-order valence-electron chi connectivity index (χ4n) is 1.39. The van der Waals surface area contributed by atoms with Gasteiger partial charge in [-0.1, -0.05) is 15.9 Å². The van der Waals surface area contributed by atoms with Gasteiger partial charge >= 0.3 is 6.36 Å². The molecule has 0 aliphatic rings. The molecule has 0 unspecified atom stereocenters. The van der Waals surface area contributed by atoms with Gasteiger partial charge in [0.2, 0.25) is 0 Å². The molecule has 5 nitrogen and oxygen atoms in total. The molecule has 1 N–H and O–H groups in total. The van der Waals surface area contributed by atoms with Crippen LogP contribution in [0.25, 0.3) is 0 Å². The third kappa shape index (κ3) is 3.03. The molecule has 18 heavy (non-hydrogen) atoms. The molecule has 0 aliphatic heterocycles. The van der Waals surface area contributed by atoms with E-state index in [1.54, 1.807) is 0 Å². The molecule has 1 aromatic carbocycles. The normalized spacial score (nSPS) is 11.2. The molecule has 0 heterocycles. The van der Waals surface area contributed by atoms with Crippen molar-refractivity contribution in [2.24, 2.45) is 0 Å². The van der Waals surface area contributed by atoms with Gasteiger partial charge in [-0.2, -0.15) is 0 Å². The number of hydrogen-bond acceptors (Lipinski definition) is 4. The van der Waals surface area contributed by atoms with E-state index >= 15 is 0 Å². The molecule has 0 aromatic heterocycles. The SMILES string of the molecule is CNc1c(OC(F)(F)F)cc(Br)c(C)c1[N+](=O)[O-]. The van der Waals surface area contributed by atoms with Gasteiger partial charge in [-0.3, -0.25) is 10.1 Å². The fourth-order valence-corrected chi connectivity index (χ4v) is 1.78. The predicted molar refractivity (Wildman–Crippen MR) is 61.8 cm³/mol. The second kappa shape index (κ2) is 5.01. The van der Waals surface area contributed by atoms with Crippen LogP contribution in [-0.2, 0) is 0 Å². The number of nitro benzene ring substituents is 1. The molecule has 1 rings (SSSR count). The summed E-state index contributed by atoms with van der Waals surface area (Å²) >= 11 is 2.96. The van der Waals surface area contributed by atoms with Gasteiger partial charge in [-0.15, -0.1) is 13.2 Å². The first-order valence-electron chi connectivity index (χ1n) is 4.58. The summed E-state index contributed by atoms with van der Waals surface area (Å²) in [5.74, 6) is -0.658. The maximum Gasteiger partial charge on any atom is 0.573 e. The Morgan fingerprint density at radius 2 is 2.06 bits per heavy atom. The number of ether oxygens (including phenoxy) is 1.